The molecule has 1 unspecified atom stereocenters. The van der Waals surface area contributed by atoms with Crippen LogP contribution in [0.1, 0.15) is 39.5 Å². The molecule has 1 aliphatic heterocycles. The summed E-state index contributed by atoms with van der Waals surface area (Å²) in [5, 5.41) is 0. The van der Waals surface area contributed by atoms with E-state index in [1.54, 1.807) is 11.8 Å². The van der Waals surface area contributed by atoms with Gasteiger partial charge in [0, 0.05) is 25.6 Å². The Balaban J connectivity index is 2.32. The topological polar surface area (TPSA) is 72.6 Å². The lowest BCUT2D eigenvalue weighted by atomic mass is 9.96. The molecule has 5 heteroatoms. The summed E-state index contributed by atoms with van der Waals surface area (Å²) in [6.07, 6.45) is 2.99. The van der Waals surface area contributed by atoms with E-state index in [-0.39, 0.29) is 23.8 Å². The average Bonchev–Trinajstić information content (AvgIpc) is 2.38. The normalized spacial score (nSPS) is 18.7. The van der Waals surface area contributed by atoms with Gasteiger partial charge in [-0.2, -0.15) is 0 Å². The van der Waals surface area contributed by atoms with Crippen molar-refractivity contribution in [3.05, 3.63) is 0 Å². The van der Waals surface area contributed by atoms with Gasteiger partial charge in [0.15, 0.2) is 0 Å². The van der Waals surface area contributed by atoms with E-state index in [1.807, 2.05) is 0 Å². The van der Waals surface area contributed by atoms with Crippen molar-refractivity contribution in [1.29, 1.82) is 0 Å². The van der Waals surface area contributed by atoms with Crippen LogP contribution in [-0.2, 0) is 14.3 Å². The molecule has 1 aliphatic rings. The van der Waals surface area contributed by atoms with E-state index in [0.717, 1.165) is 12.8 Å². The fraction of sp³-hybridized carbons (Fsp3) is 0.846. The Hall–Kier alpha value is -1.10. The molecule has 2 N–H and O–H groups in total. The maximum absolute atomic E-state index is 12.1. The van der Waals surface area contributed by atoms with Gasteiger partial charge in [-0.1, -0.05) is 13.3 Å². The molecule has 1 saturated heterocycles. The number of hydrogen-bond donors (Lipinski definition) is 1. The first-order valence-corrected chi connectivity index (χ1v) is 6.76. The van der Waals surface area contributed by atoms with Crippen LogP contribution in [0.4, 0.5) is 0 Å². The Morgan fingerprint density at radius 2 is 2.00 bits per heavy atom. The molecule has 0 aromatic carbocycles. The van der Waals surface area contributed by atoms with Gasteiger partial charge < -0.3 is 15.4 Å². The van der Waals surface area contributed by atoms with Gasteiger partial charge in [-0.05, 0) is 26.2 Å². The predicted molar refractivity (Wildman–Crippen MR) is 68.8 cm³/mol. The third kappa shape index (κ3) is 4.29. The molecule has 0 radical (unpaired) electrons. The van der Waals surface area contributed by atoms with Gasteiger partial charge in [-0.3, -0.25) is 9.59 Å². The van der Waals surface area contributed by atoms with Crippen LogP contribution >= 0.6 is 0 Å². The molecule has 104 valence electrons. The molecule has 0 aromatic rings. The van der Waals surface area contributed by atoms with Crippen LogP contribution in [0, 0.1) is 5.92 Å². The first kappa shape index (κ1) is 15.0. The highest BCUT2D eigenvalue weighted by molar-refractivity contribution is 5.81. The van der Waals surface area contributed by atoms with Crippen LogP contribution < -0.4 is 5.73 Å². The van der Waals surface area contributed by atoms with Gasteiger partial charge in [0.25, 0.3) is 5.91 Å². The molecule has 0 spiro atoms. The summed E-state index contributed by atoms with van der Waals surface area (Å²) < 4.78 is 5.49. The SMILES string of the molecule is CCCCOC(C)C(=O)N1CCC(C(N)=O)CC1. The van der Waals surface area contributed by atoms with Crippen LogP contribution in [0.15, 0.2) is 0 Å². The number of ether oxygens (including phenoxy) is 1. The molecule has 1 fully saturated rings. The largest absolute Gasteiger partial charge is 0.369 e. The second-order valence-corrected chi connectivity index (χ2v) is 4.87. The van der Waals surface area contributed by atoms with Gasteiger partial charge in [0.05, 0.1) is 0 Å². The zero-order chi connectivity index (χ0) is 13.5. The number of carbonyl (C=O) groups excluding carboxylic acids is 2. The lowest BCUT2D eigenvalue weighted by molar-refractivity contribution is -0.145. The number of hydrogen-bond acceptors (Lipinski definition) is 3. The smallest absolute Gasteiger partial charge is 0.251 e. The van der Waals surface area contributed by atoms with Crippen molar-refractivity contribution in [1.82, 2.24) is 4.90 Å². The maximum atomic E-state index is 12.1. The molecular formula is C13H24N2O3. The fourth-order valence-electron chi connectivity index (χ4n) is 2.12. The third-order valence-electron chi connectivity index (χ3n) is 3.42. The molecular weight excluding hydrogens is 232 g/mol. The highest BCUT2D eigenvalue weighted by Gasteiger charge is 2.28. The van der Waals surface area contributed by atoms with E-state index in [0.29, 0.717) is 32.5 Å². The summed E-state index contributed by atoms with van der Waals surface area (Å²) in [6.45, 7) is 5.71. The summed E-state index contributed by atoms with van der Waals surface area (Å²) in [5.41, 5.74) is 5.26. The Bertz CT molecular complexity index is 286. The molecule has 0 aromatic heterocycles. The van der Waals surface area contributed by atoms with Crippen molar-refractivity contribution < 1.29 is 14.3 Å². The Morgan fingerprint density at radius 3 is 2.50 bits per heavy atom. The van der Waals surface area contributed by atoms with E-state index >= 15 is 0 Å². The number of carbonyl (C=O) groups is 2. The minimum Gasteiger partial charge on any atom is -0.369 e. The molecule has 0 aliphatic carbocycles. The Labute approximate surface area is 109 Å². The van der Waals surface area contributed by atoms with E-state index in [4.69, 9.17) is 10.5 Å². The molecule has 1 heterocycles. The van der Waals surface area contributed by atoms with Crippen LogP contribution in [0.2, 0.25) is 0 Å². The fourth-order valence-corrected chi connectivity index (χ4v) is 2.12. The van der Waals surface area contributed by atoms with E-state index in [9.17, 15) is 9.59 Å². The molecule has 2 amide bonds. The Kier molecular flexibility index (Phi) is 6.12. The third-order valence-corrected chi connectivity index (χ3v) is 3.42. The first-order valence-electron chi connectivity index (χ1n) is 6.76. The summed E-state index contributed by atoms with van der Waals surface area (Å²) in [6, 6.07) is 0. The quantitative estimate of drug-likeness (QED) is 0.718. The van der Waals surface area contributed by atoms with Crippen LogP contribution in [0.25, 0.3) is 0 Å². The number of primary amides is 1. The summed E-state index contributed by atoms with van der Waals surface area (Å²) in [7, 11) is 0. The van der Waals surface area contributed by atoms with Crippen LogP contribution in [-0.4, -0.2) is 42.5 Å². The number of nitrogens with two attached hydrogens (primary N) is 1. The van der Waals surface area contributed by atoms with E-state index < -0.39 is 0 Å². The molecule has 0 saturated carbocycles. The minimum absolute atomic E-state index is 0.0222. The number of rotatable bonds is 6. The van der Waals surface area contributed by atoms with E-state index in [1.165, 1.54) is 0 Å². The van der Waals surface area contributed by atoms with Crippen molar-refractivity contribution in [2.24, 2.45) is 11.7 Å². The summed E-state index contributed by atoms with van der Waals surface area (Å²) >= 11 is 0. The lowest BCUT2D eigenvalue weighted by Crippen LogP contribution is -2.45. The number of unbranched alkanes of at least 4 members (excludes halogenated alkanes) is 1. The number of likely N-dealkylation sites (tertiary alicyclic amines) is 1. The predicted octanol–water partition coefficient (Wildman–Crippen LogP) is 0.915. The minimum atomic E-state index is -0.387. The Morgan fingerprint density at radius 1 is 1.39 bits per heavy atom. The molecule has 18 heavy (non-hydrogen) atoms. The number of amides is 2. The summed E-state index contributed by atoms with van der Waals surface area (Å²) in [4.78, 5) is 24.9. The second kappa shape index (κ2) is 7.36. The molecule has 1 rings (SSSR count). The monoisotopic (exact) mass is 256 g/mol. The number of nitrogens with zero attached hydrogens (tertiary/aromatic N) is 1. The maximum Gasteiger partial charge on any atom is 0.251 e. The lowest BCUT2D eigenvalue weighted by Gasteiger charge is -2.32. The molecule has 5 nitrogen and oxygen atoms in total. The van der Waals surface area contributed by atoms with Gasteiger partial charge in [0.2, 0.25) is 5.91 Å². The van der Waals surface area contributed by atoms with Gasteiger partial charge >= 0.3 is 0 Å². The van der Waals surface area contributed by atoms with Crippen molar-refractivity contribution in [2.75, 3.05) is 19.7 Å². The van der Waals surface area contributed by atoms with Gasteiger partial charge in [-0.15, -0.1) is 0 Å². The van der Waals surface area contributed by atoms with Gasteiger partial charge in [-0.25, -0.2) is 0 Å². The second-order valence-electron chi connectivity index (χ2n) is 4.87. The van der Waals surface area contributed by atoms with Crippen LogP contribution in [0.3, 0.4) is 0 Å². The van der Waals surface area contributed by atoms with Crippen molar-refractivity contribution >= 4 is 11.8 Å². The highest BCUT2D eigenvalue weighted by Crippen LogP contribution is 2.17. The highest BCUT2D eigenvalue weighted by atomic mass is 16.5. The standard InChI is InChI=1S/C13H24N2O3/c1-3-4-9-18-10(2)13(17)15-7-5-11(6-8-15)12(14)16/h10-11H,3-9H2,1-2H3,(H2,14,16). The van der Waals surface area contributed by atoms with Crippen LogP contribution in [0.5, 0.6) is 0 Å². The number of piperidine rings is 1. The van der Waals surface area contributed by atoms with Crippen molar-refractivity contribution in [2.45, 2.75) is 45.6 Å². The van der Waals surface area contributed by atoms with E-state index in [2.05, 4.69) is 6.92 Å². The van der Waals surface area contributed by atoms with Crippen molar-refractivity contribution in [3.63, 3.8) is 0 Å². The average molecular weight is 256 g/mol. The molecule has 1 atom stereocenters. The van der Waals surface area contributed by atoms with Gasteiger partial charge in [0.1, 0.15) is 6.10 Å². The zero-order valence-corrected chi connectivity index (χ0v) is 11.4. The molecule has 0 bridgehead atoms. The first-order chi connectivity index (χ1) is 8.56. The summed E-state index contributed by atoms with van der Waals surface area (Å²) in [5.74, 6) is -0.311. The zero-order valence-electron chi connectivity index (χ0n) is 11.4. The van der Waals surface area contributed by atoms with Crippen molar-refractivity contribution in [3.8, 4) is 0 Å².